The second-order valence-corrected chi connectivity index (χ2v) is 10.2. The Morgan fingerprint density at radius 3 is 2.14 bits per heavy atom. The SMILES string of the molecule is O=C1C=C(c2ccc(COCCCCCCCCC(=O)Oc3ccc(C=CC(=O)c4ccc(F)cc4)cc3)cc2)C(=O)N1. The molecule has 1 aliphatic heterocycles. The van der Waals surface area contributed by atoms with Crippen molar-refractivity contribution < 1.29 is 33.0 Å². The van der Waals surface area contributed by atoms with Crippen LogP contribution in [0.1, 0.15) is 72.0 Å². The van der Waals surface area contributed by atoms with Gasteiger partial charge in [0.25, 0.3) is 11.8 Å². The molecule has 1 heterocycles. The first kappa shape index (κ1) is 31.3. The molecule has 7 nitrogen and oxygen atoms in total. The molecule has 1 aliphatic rings. The Kier molecular flexibility index (Phi) is 11.7. The molecule has 8 heteroatoms. The molecule has 0 radical (unpaired) electrons. The van der Waals surface area contributed by atoms with Gasteiger partial charge in [0.2, 0.25) is 0 Å². The molecule has 0 fully saturated rings. The Labute approximate surface area is 250 Å². The molecule has 2 amide bonds. The number of rotatable bonds is 16. The molecule has 0 atom stereocenters. The van der Waals surface area contributed by atoms with Gasteiger partial charge in [0.05, 0.1) is 12.2 Å². The first-order valence-corrected chi connectivity index (χ1v) is 14.4. The fraction of sp³-hybridized carbons (Fsp3) is 0.257. The maximum atomic E-state index is 13.0. The highest BCUT2D eigenvalue weighted by Crippen LogP contribution is 2.19. The van der Waals surface area contributed by atoms with Crippen LogP contribution in [0.25, 0.3) is 11.6 Å². The highest BCUT2D eigenvalue weighted by atomic mass is 19.1. The number of hydrogen-bond donors (Lipinski definition) is 1. The second-order valence-electron chi connectivity index (χ2n) is 10.2. The zero-order chi connectivity index (χ0) is 30.4. The number of halogens is 1. The number of carbonyl (C=O) groups excluding carboxylic acids is 4. The summed E-state index contributed by atoms with van der Waals surface area (Å²) >= 11 is 0. The fourth-order valence-electron chi connectivity index (χ4n) is 4.49. The Balaban J connectivity index is 1.01. The standard InChI is InChI=1S/C35H34FNO6/c36-29-17-15-28(16-18-29)32(38)21-12-25-10-19-30(20-11-25)43-34(40)7-5-3-1-2-4-6-22-42-24-26-8-13-27(14-9-26)31-23-33(39)37-35(31)41/h8-21,23H,1-7,22,24H2,(H,37,39,41). The predicted molar refractivity (Wildman–Crippen MR) is 161 cm³/mol. The Hall–Kier alpha value is -4.69. The summed E-state index contributed by atoms with van der Waals surface area (Å²) in [4.78, 5) is 47.4. The molecule has 3 aromatic rings. The van der Waals surface area contributed by atoms with E-state index in [0.717, 1.165) is 49.7 Å². The molecule has 3 aromatic carbocycles. The third-order valence-corrected chi connectivity index (χ3v) is 6.88. The first-order valence-electron chi connectivity index (χ1n) is 14.4. The van der Waals surface area contributed by atoms with Gasteiger partial charge in [-0.3, -0.25) is 24.5 Å². The van der Waals surface area contributed by atoms with Crippen LogP contribution in [0.5, 0.6) is 5.75 Å². The van der Waals surface area contributed by atoms with Crippen LogP contribution < -0.4 is 10.1 Å². The lowest BCUT2D eigenvalue weighted by atomic mass is 10.0. The van der Waals surface area contributed by atoms with E-state index in [1.165, 1.54) is 36.4 Å². The Bertz CT molecular complexity index is 1470. The highest BCUT2D eigenvalue weighted by molar-refractivity contribution is 6.33. The number of unbranched alkanes of at least 4 members (excludes halogenated alkanes) is 5. The average Bonchev–Trinajstić information content (AvgIpc) is 3.35. The number of nitrogens with one attached hydrogen (secondary N) is 1. The number of benzene rings is 3. The number of carbonyl (C=O) groups is 4. The van der Waals surface area contributed by atoms with Crippen LogP contribution in [0.3, 0.4) is 0 Å². The zero-order valence-electron chi connectivity index (χ0n) is 23.9. The van der Waals surface area contributed by atoms with Gasteiger partial charge in [-0.2, -0.15) is 0 Å². The number of amides is 2. The summed E-state index contributed by atoms with van der Waals surface area (Å²) in [6.07, 6.45) is 10.6. The molecule has 222 valence electrons. The Morgan fingerprint density at radius 2 is 1.47 bits per heavy atom. The number of esters is 1. The van der Waals surface area contributed by atoms with Crippen LogP contribution in [0, 0.1) is 5.82 Å². The number of ketones is 1. The van der Waals surface area contributed by atoms with Gasteiger partial charge >= 0.3 is 5.97 Å². The molecule has 4 rings (SSSR count). The molecule has 0 aliphatic carbocycles. The van der Waals surface area contributed by atoms with E-state index < -0.39 is 5.82 Å². The Morgan fingerprint density at radius 1 is 0.791 bits per heavy atom. The van der Waals surface area contributed by atoms with Crippen LogP contribution >= 0.6 is 0 Å². The average molecular weight is 584 g/mol. The summed E-state index contributed by atoms with van der Waals surface area (Å²) in [6.45, 7) is 1.15. The van der Waals surface area contributed by atoms with E-state index >= 15 is 0 Å². The second kappa shape index (κ2) is 16.1. The summed E-state index contributed by atoms with van der Waals surface area (Å²) in [5.41, 5.74) is 3.28. The summed E-state index contributed by atoms with van der Waals surface area (Å²) < 4.78 is 24.2. The number of hydrogen-bond acceptors (Lipinski definition) is 6. The van der Waals surface area contributed by atoms with Crippen molar-refractivity contribution in [3.8, 4) is 5.75 Å². The fourth-order valence-corrected chi connectivity index (χ4v) is 4.49. The summed E-state index contributed by atoms with van der Waals surface area (Å²) in [7, 11) is 0. The van der Waals surface area contributed by atoms with Gasteiger partial charge < -0.3 is 9.47 Å². The minimum absolute atomic E-state index is 0.223. The normalized spacial score (nSPS) is 12.8. The van der Waals surface area contributed by atoms with Gasteiger partial charge in [0.15, 0.2) is 5.78 Å². The quantitative estimate of drug-likeness (QED) is 0.0509. The van der Waals surface area contributed by atoms with Crippen LogP contribution in [0.15, 0.2) is 84.9 Å². The van der Waals surface area contributed by atoms with E-state index in [-0.39, 0.29) is 23.6 Å². The van der Waals surface area contributed by atoms with Crippen molar-refractivity contribution in [3.05, 3.63) is 113 Å². The van der Waals surface area contributed by atoms with Gasteiger partial charge in [-0.25, -0.2) is 4.39 Å². The molecule has 43 heavy (non-hydrogen) atoms. The molecule has 1 N–H and O–H groups in total. The van der Waals surface area contributed by atoms with Crippen molar-refractivity contribution >= 4 is 35.2 Å². The molecule has 0 unspecified atom stereocenters. The molecule has 0 aromatic heterocycles. The summed E-state index contributed by atoms with van der Waals surface area (Å²) in [6, 6.07) is 19.7. The van der Waals surface area contributed by atoms with Gasteiger partial charge in [-0.15, -0.1) is 0 Å². The van der Waals surface area contributed by atoms with E-state index in [1.54, 1.807) is 30.3 Å². The van der Waals surface area contributed by atoms with Crippen LogP contribution in [0.4, 0.5) is 4.39 Å². The van der Waals surface area contributed by atoms with E-state index in [4.69, 9.17) is 9.47 Å². The maximum Gasteiger partial charge on any atom is 0.311 e. The molecule has 0 spiro atoms. The van der Waals surface area contributed by atoms with Gasteiger partial charge in [0.1, 0.15) is 11.6 Å². The predicted octanol–water partition coefficient (Wildman–Crippen LogP) is 6.61. The van der Waals surface area contributed by atoms with Crippen molar-refractivity contribution in [1.29, 1.82) is 0 Å². The summed E-state index contributed by atoms with van der Waals surface area (Å²) in [5.74, 6) is -1.19. The number of imide groups is 1. The largest absolute Gasteiger partial charge is 0.427 e. The molecule has 0 saturated heterocycles. The van der Waals surface area contributed by atoms with Crippen molar-refractivity contribution in [3.63, 3.8) is 0 Å². The van der Waals surface area contributed by atoms with E-state index in [1.807, 2.05) is 24.3 Å². The maximum absolute atomic E-state index is 13.0. The van der Waals surface area contributed by atoms with E-state index in [2.05, 4.69) is 5.32 Å². The van der Waals surface area contributed by atoms with E-state index in [9.17, 15) is 23.6 Å². The van der Waals surface area contributed by atoms with E-state index in [0.29, 0.717) is 42.1 Å². The smallest absolute Gasteiger partial charge is 0.311 e. The lowest BCUT2D eigenvalue weighted by Crippen LogP contribution is -2.21. The lowest BCUT2D eigenvalue weighted by molar-refractivity contribution is -0.134. The van der Waals surface area contributed by atoms with Crippen molar-refractivity contribution in [1.82, 2.24) is 5.32 Å². The van der Waals surface area contributed by atoms with Crippen LogP contribution in [-0.2, 0) is 25.7 Å². The summed E-state index contributed by atoms with van der Waals surface area (Å²) in [5, 5.41) is 2.24. The molecular formula is C35H34FNO6. The highest BCUT2D eigenvalue weighted by Gasteiger charge is 2.21. The van der Waals surface area contributed by atoms with Crippen LogP contribution in [0.2, 0.25) is 0 Å². The van der Waals surface area contributed by atoms with Crippen molar-refractivity contribution in [2.75, 3.05) is 6.61 Å². The molecule has 0 bridgehead atoms. The van der Waals surface area contributed by atoms with Crippen molar-refractivity contribution in [2.45, 2.75) is 51.6 Å². The number of ether oxygens (including phenoxy) is 2. The monoisotopic (exact) mass is 583 g/mol. The topological polar surface area (TPSA) is 98.8 Å². The molecule has 0 saturated carbocycles. The third-order valence-electron chi connectivity index (χ3n) is 6.88. The van der Waals surface area contributed by atoms with Crippen molar-refractivity contribution in [2.24, 2.45) is 0 Å². The van der Waals surface area contributed by atoms with Gasteiger partial charge in [-0.1, -0.05) is 68.2 Å². The van der Waals surface area contributed by atoms with Gasteiger partial charge in [0, 0.05) is 24.7 Å². The minimum atomic E-state index is -0.390. The first-order chi connectivity index (χ1) is 20.9. The third kappa shape index (κ3) is 10.3. The zero-order valence-corrected chi connectivity index (χ0v) is 23.9. The van der Waals surface area contributed by atoms with Gasteiger partial charge in [-0.05, 0) is 72.0 Å². The van der Waals surface area contributed by atoms with Crippen LogP contribution in [-0.4, -0.2) is 30.2 Å². The molecular weight excluding hydrogens is 549 g/mol. The lowest BCUT2D eigenvalue weighted by Gasteiger charge is -2.07. The number of allylic oxidation sites excluding steroid dienone is 1. The minimum Gasteiger partial charge on any atom is -0.427 e.